The molecule has 0 aromatic carbocycles. The highest BCUT2D eigenvalue weighted by Gasteiger charge is 2.72. The molecule has 3 heterocycles. The van der Waals surface area contributed by atoms with Crippen LogP contribution in [-0.2, 0) is 23.9 Å². The third-order valence-corrected chi connectivity index (χ3v) is 5.89. The van der Waals surface area contributed by atoms with Crippen LogP contribution in [0.3, 0.4) is 0 Å². The summed E-state index contributed by atoms with van der Waals surface area (Å²) < 4.78 is 11.4. The maximum absolute atomic E-state index is 13.2. The maximum Gasteiger partial charge on any atom is 0.226 e. The molecule has 2 fully saturated rings. The summed E-state index contributed by atoms with van der Waals surface area (Å²) in [6.45, 7) is 3.49. The minimum absolute atomic E-state index is 0.0183. The Bertz CT molecular complexity index is 803. The van der Waals surface area contributed by atoms with Crippen molar-refractivity contribution in [3.05, 3.63) is 22.6 Å². The molecule has 1 aliphatic carbocycles. The topological polar surface area (TPSA) is 127 Å². The number of ketones is 2. The van der Waals surface area contributed by atoms with Crippen molar-refractivity contribution in [2.24, 2.45) is 5.92 Å². The van der Waals surface area contributed by atoms with E-state index >= 15 is 0 Å². The minimum atomic E-state index is -0.929. The summed E-state index contributed by atoms with van der Waals surface area (Å²) in [5.41, 5.74) is -0.113. The number of hydrogen-bond donors (Lipinski definition) is 3. The van der Waals surface area contributed by atoms with Crippen molar-refractivity contribution in [1.29, 1.82) is 0 Å². The van der Waals surface area contributed by atoms with E-state index in [0.717, 1.165) is 0 Å². The Morgan fingerprint density at radius 2 is 2.15 bits per heavy atom. The number of piperazine rings is 1. The Hall–Kier alpha value is -2.23. The lowest BCUT2D eigenvalue weighted by molar-refractivity contribution is -0.137. The van der Waals surface area contributed by atoms with Gasteiger partial charge in [-0.15, -0.1) is 0 Å². The first-order valence-corrected chi connectivity index (χ1v) is 8.99. The third-order valence-electron chi connectivity index (χ3n) is 5.89. The van der Waals surface area contributed by atoms with Crippen molar-refractivity contribution in [2.75, 3.05) is 33.4 Å². The van der Waals surface area contributed by atoms with Gasteiger partial charge < -0.3 is 30.1 Å². The Morgan fingerprint density at radius 3 is 2.78 bits per heavy atom. The smallest absolute Gasteiger partial charge is 0.226 e. The number of Topliss-reactive ketones (excluding diaryl/α,β-unsaturated/α-hetero) is 2. The lowest BCUT2D eigenvalue weighted by atomic mass is 9.83. The first kappa shape index (κ1) is 18.1. The molecule has 0 radical (unpaired) electrons. The highest BCUT2D eigenvalue weighted by Crippen LogP contribution is 2.55. The zero-order valence-corrected chi connectivity index (χ0v) is 15.5. The molecule has 146 valence electrons. The van der Waals surface area contributed by atoms with Gasteiger partial charge in [0.2, 0.25) is 17.5 Å². The second-order valence-corrected chi connectivity index (χ2v) is 7.26. The Balaban J connectivity index is 1.65. The summed E-state index contributed by atoms with van der Waals surface area (Å²) in [4.78, 5) is 39.0. The number of hydrogen-bond acceptors (Lipinski definition) is 8. The standard InChI is InChI=1S/C18H23N3O6/c1-8-14(24)13-12(15(25)16(8)27-5-4-19-9(2)23)10(7-22)18(26-3)17-11(20-17)6-21(13)18/h10-11,17,20,22H,4-7H2,1-3H3,(H,19,23). The van der Waals surface area contributed by atoms with Gasteiger partial charge in [0.25, 0.3) is 0 Å². The van der Waals surface area contributed by atoms with Crippen LogP contribution in [0, 0.1) is 5.92 Å². The van der Waals surface area contributed by atoms with E-state index in [4.69, 9.17) is 9.47 Å². The monoisotopic (exact) mass is 377 g/mol. The predicted octanol–water partition coefficient (Wildman–Crippen LogP) is -1.56. The molecule has 9 nitrogen and oxygen atoms in total. The van der Waals surface area contributed by atoms with Crippen LogP contribution in [0.25, 0.3) is 0 Å². The van der Waals surface area contributed by atoms with Crippen LogP contribution in [-0.4, -0.2) is 78.7 Å². The van der Waals surface area contributed by atoms with E-state index in [1.54, 1.807) is 6.92 Å². The average molecular weight is 377 g/mol. The summed E-state index contributed by atoms with van der Waals surface area (Å²) in [6.07, 6.45) is 0. The summed E-state index contributed by atoms with van der Waals surface area (Å²) in [5, 5.41) is 16.0. The van der Waals surface area contributed by atoms with E-state index in [2.05, 4.69) is 10.6 Å². The van der Waals surface area contributed by atoms with E-state index in [0.29, 0.717) is 12.2 Å². The fourth-order valence-electron chi connectivity index (χ4n) is 4.68. The van der Waals surface area contributed by atoms with Crippen LogP contribution in [0.5, 0.6) is 0 Å². The van der Waals surface area contributed by atoms with Gasteiger partial charge in [0.1, 0.15) is 6.61 Å². The largest absolute Gasteiger partial charge is 0.487 e. The highest BCUT2D eigenvalue weighted by atomic mass is 16.5. The molecule has 2 saturated heterocycles. The number of amides is 1. The van der Waals surface area contributed by atoms with Crippen molar-refractivity contribution < 1.29 is 29.0 Å². The molecule has 4 atom stereocenters. The van der Waals surface area contributed by atoms with Gasteiger partial charge in [-0.05, 0) is 6.92 Å². The summed E-state index contributed by atoms with van der Waals surface area (Å²) in [6, 6.07) is 0.158. The number of methoxy groups -OCH3 is 1. The number of aliphatic hydroxyl groups excluding tert-OH is 1. The second-order valence-electron chi connectivity index (χ2n) is 7.26. The van der Waals surface area contributed by atoms with Crippen LogP contribution >= 0.6 is 0 Å². The Kier molecular flexibility index (Phi) is 4.13. The first-order chi connectivity index (χ1) is 12.9. The lowest BCUT2D eigenvalue weighted by Crippen LogP contribution is -2.54. The Labute approximate surface area is 156 Å². The summed E-state index contributed by atoms with van der Waals surface area (Å²) >= 11 is 0. The molecule has 27 heavy (non-hydrogen) atoms. The van der Waals surface area contributed by atoms with Gasteiger partial charge in [0.05, 0.1) is 30.8 Å². The molecule has 1 amide bonds. The molecule has 4 aliphatic rings. The van der Waals surface area contributed by atoms with Crippen LogP contribution in [0.4, 0.5) is 0 Å². The number of nitrogens with zero attached hydrogens (tertiary/aromatic N) is 1. The molecule has 4 unspecified atom stereocenters. The molecule has 4 rings (SSSR count). The van der Waals surface area contributed by atoms with E-state index in [1.807, 2.05) is 4.90 Å². The van der Waals surface area contributed by atoms with Crippen molar-refractivity contribution in [3.63, 3.8) is 0 Å². The number of rotatable bonds is 6. The van der Waals surface area contributed by atoms with Crippen LogP contribution in [0.2, 0.25) is 0 Å². The summed E-state index contributed by atoms with van der Waals surface area (Å²) in [5.74, 6) is -1.54. The van der Waals surface area contributed by atoms with E-state index in [9.17, 15) is 19.5 Å². The molecular formula is C18H23N3O6. The van der Waals surface area contributed by atoms with Crippen LogP contribution in [0.1, 0.15) is 13.8 Å². The number of nitrogens with one attached hydrogen (secondary N) is 2. The fourth-order valence-corrected chi connectivity index (χ4v) is 4.68. The van der Waals surface area contributed by atoms with Gasteiger partial charge in [-0.25, -0.2) is 0 Å². The normalized spacial score (nSPS) is 33.9. The van der Waals surface area contributed by atoms with E-state index < -0.39 is 17.4 Å². The van der Waals surface area contributed by atoms with Gasteiger partial charge in [-0.1, -0.05) is 0 Å². The van der Waals surface area contributed by atoms with Gasteiger partial charge in [-0.2, -0.15) is 0 Å². The number of carbonyl (C=O) groups excluding carboxylic acids is 3. The number of fused-ring (bicyclic) bond motifs is 4. The molecule has 0 aromatic rings. The number of ether oxygens (including phenoxy) is 2. The molecular weight excluding hydrogens is 354 g/mol. The average Bonchev–Trinajstić information content (AvgIpc) is 3.24. The minimum Gasteiger partial charge on any atom is -0.487 e. The molecule has 0 bridgehead atoms. The molecule has 0 spiro atoms. The predicted molar refractivity (Wildman–Crippen MR) is 92.1 cm³/mol. The fraction of sp³-hybridized carbons (Fsp3) is 0.611. The lowest BCUT2D eigenvalue weighted by Gasteiger charge is -2.39. The van der Waals surface area contributed by atoms with E-state index in [1.165, 1.54) is 14.0 Å². The highest BCUT2D eigenvalue weighted by molar-refractivity contribution is 6.25. The van der Waals surface area contributed by atoms with Crippen molar-refractivity contribution in [1.82, 2.24) is 15.5 Å². The number of aliphatic hydroxyl groups is 1. The number of carbonyl (C=O) groups is 3. The molecule has 0 aromatic heterocycles. The maximum atomic E-state index is 13.2. The van der Waals surface area contributed by atoms with Crippen LogP contribution in [0.15, 0.2) is 22.6 Å². The van der Waals surface area contributed by atoms with Crippen LogP contribution < -0.4 is 10.6 Å². The molecule has 9 heteroatoms. The van der Waals surface area contributed by atoms with Crippen molar-refractivity contribution in [3.8, 4) is 0 Å². The Morgan fingerprint density at radius 1 is 1.41 bits per heavy atom. The molecule has 0 saturated carbocycles. The SMILES string of the molecule is COC12C(CO)C3=C(C(=O)C(C)=C(OCCNC(C)=O)C3=O)N1CC1NC12. The first-order valence-electron chi connectivity index (χ1n) is 8.99. The quantitative estimate of drug-likeness (QED) is 0.288. The van der Waals surface area contributed by atoms with Gasteiger partial charge in [-0.3, -0.25) is 14.4 Å². The van der Waals surface area contributed by atoms with Crippen molar-refractivity contribution in [2.45, 2.75) is 31.7 Å². The second kappa shape index (κ2) is 6.15. The zero-order chi connectivity index (χ0) is 19.5. The van der Waals surface area contributed by atoms with Gasteiger partial charge >= 0.3 is 0 Å². The van der Waals surface area contributed by atoms with Crippen molar-refractivity contribution >= 4 is 17.5 Å². The van der Waals surface area contributed by atoms with E-state index in [-0.39, 0.29) is 60.4 Å². The zero-order valence-electron chi connectivity index (χ0n) is 15.5. The number of allylic oxidation sites excluding steroid dienone is 2. The third kappa shape index (κ3) is 2.31. The molecule has 3 N–H and O–H groups in total. The van der Waals surface area contributed by atoms with Gasteiger partial charge in [0, 0.05) is 37.8 Å². The summed E-state index contributed by atoms with van der Waals surface area (Å²) in [7, 11) is 1.54. The van der Waals surface area contributed by atoms with Gasteiger partial charge in [0.15, 0.2) is 11.5 Å². The molecule has 3 aliphatic heterocycles.